The van der Waals surface area contributed by atoms with Crippen LogP contribution in [0, 0.1) is 5.92 Å². The molecule has 2 amide bonds. The molecule has 0 saturated carbocycles. The molecule has 27 heavy (non-hydrogen) atoms. The number of anilines is 1. The number of para-hydroxylation sites is 1. The second-order valence-electron chi connectivity index (χ2n) is 6.57. The number of rotatable bonds is 8. The first-order chi connectivity index (χ1) is 12.9. The molecule has 6 nitrogen and oxygen atoms in total. The summed E-state index contributed by atoms with van der Waals surface area (Å²) in [7, 11) is 1.58. The van der Waals surface area contributed by atoms with Crippen molar-refractivity contribution >= 4 is 17.5 Å². The number of carbonyl (C=O) groups excluding carboxylic acids is 2. The van der Waals surface area contributed by atoms with Gasteiger partial charge in [0.1, 0.15) is 11.5 Å². The number of ether oxygens (including phenoxy) is 2. The molecule has 2 rings (SSSR count). The van der Waals surface area contributed by atoms with E-state index in [1.807, 2.05) is 13.8 Å². The van der Waals surface area contributed by atoms with E-state index in [4.69, 9.17) is 9.47 Å². The number of nitrogens with one attached hydrogen (secondary N) is 2. The zero-order valence-corrected chi connectivity index (χ0v) is 16.1. The van der Waals surface area contributed by atoms with E-state index < -0.39 is 6.10 Å². The van der Waals surface area contributed by atoms with Crippen LogP contribution < -0.4 is 20.1 Å². The molecule has 2 aromatic carbocycles. The Morgan fingerprint density at radius 2 is 1.59 bits per heavy atom. The van der Waals surface area contributed by atoms with Gasteiger partial charge < -0.3 is 20.1 Å². The number of hydrogen-bond donors (Lipinski definition) is 2. The number of amides is 2. The van der Waals surface area contributed by atoms with Crippen LogP contribution in [-0.2, 0) is 4.79 Å². The highest BCUT2D eigenvalue weighted by Gasteiger charge is 2.18. The molecule has 2 aromatic rings. The molecule has 6 heteroatoms. The standard InChI is InChI=1S/C21H26N2O4/c1-14(2)13-22-21(25)18-7-5-6-8-19(18)23-20(24)15(3)27-17-11-9-16(26-4)10-12-17/h5-12,14-15H,13H2,1-4H3,(H,22,25)(H,23,24)/t15-/m1/s1. The average Bonchev–Trinajstić information content (AvgIpc) is 2.67. The average molecular weight is 370 g/mol. The van der Waals surface area contributed by atoms with Crippen molar-refractivity contribution < 1.29 is 19.1 Å². The molecule has 0 aliphatic heterocycles. The normalized spacial score (nSPS) is 11.6. The Balaban J connectivity index is 2.02. The molecule has 1 atom stereocenters. The summed E-state index contributed by atoms with van der Waals surface area (Å²) in [5.74, 6) is 1.05. The van der Waals surface area contributed by atoms with E-state index in [-0.39, 0.29) is 11.8 Å². The van der Waals surface area contributed by atoms with Crippen LogP contribution in [0.15, 0.2) is 48.5 Å². The van der Waals surface area contributed by atoms with Crippen LogP contribution in [0.2, 0.25) is 0 Å². The molecule has 0 bridgehead atoms. The number of carbonyl (C=O) groups is 2. The Kier molecular flexibility index (Phi) is 7.23. The molecule has 0 spiro atoms. The molecule has 0 radical (unpaired) electrons. The van der Waals surface area contributed by atoms with Gasteiger partial charge in [0, 0.05) is 6.54 Å². The highest BCUT2D eigenvalue weighted by Crippen LogP contribution is 2.19. The Hall–Kier alpha value is -3.02. The fraction of sp³-hybridized carbons (Fsp3) is 0.333. The Labute approximate surface area is 159 Å². The zero-order valence-electron chi connectivity index (χ0n) is 16.1. The third-order valence-corrected chi connectivity index (χ3v) is 3.84. The minimum absolute atomic E-state index is 0.219. The molecule has 0 aliphatic carbocycles. The Morgan fingerprint density at radius 3 is 2.22 bits per heavy atom. The van der Waals surface area contributed by atoms with Gasteiger partial charge >= 0.3 is 0 Å². The van der Waals surface area contributed by atoms with E-state index in [1.165, 1.54) is 0 Å². The summed E-state index contributed by atoms with van der Waals surface area (Å²) in [6.45, 7) is 6.26. The van der Waals surface area contributed by atoms with Crippen molar-refractivity contribution in [1.29, 1.82) is 0 Å². The van der Waals surface area contributed by atoms with Crippen LogP contribution in [-0.4, -0.2) is 31.6 Å². The smallest absolute Gasteiger partial charge is 0.265 e. The van der Waals surface area contributed by atoms with Gasteiger partial charge in [-0.15, -0.1) is 0 Å². The first-order valence-electron chi connectivity index (χ1n) is 8.89. The van der Waals surface area contributed by atoms with Crippen molar-refractivity contribution in [2.45, 2.75) is 26.9 Å². The highest BCUT2D eigenvalue weighted by atomic mass is 16.5. The van der Waals surface area contributed by atoms with Gasteiger partial charge in [-0.25, -0.2) is 0 Å². The zero-order chi connectivity index (χ0) is 19.8. The second-order valence-corrected chi connectivity index (χ2v) is 6.57. The topological polar surface area (TPSA) is 76.7 Å². The summed E-state index contributed by atoms with van der Waals surface area (Å²) in [5, 5.41) is 5.63. The first-order valence-corrected chi connectivity index (χ1v) is 8.89. The van der Waals surface area contributed by atoms with Gasteiger partial charge in [0.25, 0.3) is 11.8 Å². The van der Waals surface area contributed by atoms with E-state index in [0.717, 1.165) is 0 Å². The van der Waals surface area contributed by atoms with Gasteiger partial charge in [-0.1, -0.05) is 26.0 Å². The second kappa shape index (κ2) is 9.62. The fourth-order valence-electron chi connectivity index (χ4n) is 2.33. The van der Waals surface area contributed by atoms with Crippen molar-refractivity contribution in [2.75, 3.05) is 19.0 Å². The highest BCUT2D eigenvalue weighted by molar-refractivity contribution is 6.04. The molecule has 0 heterocycles. The van der Waals surface area contributed by atoms with E-state index >= 15 is 0 Å². The molecule has 144 valence electrons. The van der Waals surface area contributed by atoms with Crippen molar-refractivity contribution in [3.05, 3.63) is 54.1 Å². The Morgan fingerprint density at radius 1 is 0.963 bits per heavy atom. The van der Waals surface area contributed by atoms with Crippen LogP contribution >= 0.6 is 0 Å². The maximum atomic E-state index is 12.5. The third-order valence-electron chi connectivity index (χ3n) is 3.84. The van der Waals surface area contributed by atoms with Crippen molar-refractivity contribution in [3.8, 4) is 11.5 Å². The lowest BCUT2D eigenvalue weighted by molar-refractivity contribution is -0.122. The lowest BCUT2D eigenvalue weighted by Gasteiger charge is -2.17. The molecular weight excluding hydrogens is 344 g/mol. The van der Waals surface area contributed by atoms with Gasteiger partial charge in [0.15, 0.2) is 6.10 Å². The van der Waals surface area contributed by atoms with Crippen molar-refractivity contribution in [2.24, 2.45) is 5.92 Å². The largest absolute Gasteiger partial charge is 0.497 e. The van der Waals surface area contributed by atoms with Gasteiger partial charge in [-0.3, -0.25) is 9.59 Å². The van der Waals surface area contributed by atoms with Gasteiger partial charge in [-0.2, -0.15) is 0 Å². The van der Waals surface area contributed by atoms with Crippen LogP contribution in [0.25, 0.3) is 0 Å². The maximum Gasteiger partial charge on any atom is 0.265 e. The van der Waals surface area contributed by atoms with E-state index in [0.29, 0.717) is 35.2 Å². The summed E-state index contributed by atoms with van der Waals surface area (Å²) >= 11 is 0. The molecule has 0 saturated heterocycles. The Bertz CT molecular complexity index is 772. The van der Waals surface area contributed by atoms with Gasteiger partial charge in [-0.05, 0) is 49.2 Å². The summed E-state index contributed by atoms with van der Waals surface area (Å²) in [6, 6.07) is 13.9. The predicted molar refractivity (Wildman–Crippen MR) is 105 cm³/mol. The summed E-state index contributed by atoms with van der Waals surface area (Å²) in [6.07, 6.45) is -0.731. The van der Waals surface area contributed by atoms with E-state index in [1.54, 1.807) is 62.6 Å². The summed E-state index contributed by atoms with van der Waals surface area (Å²) in [4.78, 5) is 24.9. The number of methoxy groups -OCH3 is 1. The molecule has 2 N–H and O–H groups in total. The minimum Gasteiger partial charge on any atom is -0.497 e. The van der Waals surface area contributed by atoms with Crippen LogP contribution in [0.5, 0.6) is 11.5 Å². The van der Waals surface area contributed by atoms with Crippen molar-refractivity contribution in [1.82, 2.24) is 5.32 Å². The van der Waals surface area contributed by atoms with E-state index in [9.17, 15) is 9.59 Å². The quantitative estimate of drug-likeness (QED) is 0.746. The summed E-state index contributed by atoms with van der Waals surface area (Å²) < 4.78 is 10.8. The predicted octanol–water partition coefficient (Wildman–Crippen LogP) is 3.49. The lowest BCUT2D eigenvalue weighted by atomic mass is 10.1. The number of benzene rings is 2. The third kappa shape index (κ3) is 6.02. The molecule has 0 aromatic heterocycles. The molecule has 0 fully saturated rings. The minimum atomic E-state index is -0.731. The van der Waals surface area contributed by atoms with Crippen LogP contribution in [0.3, 0.4) is 0 Å². The first kappa shape index (κ1) is 20.3. The van der Waals surface area contributed by atoms with E-state index in [2.05, 4.69) is 10.6 Å². The molecule has 0 unspecified atom stereocenters. The van der Waals surface area contributed by atoms with Gasteiger partial charge in [0.2, 0.25) is 0 Å². The maximum absolute atomic E-state index is 12.5. The summed E-state index contributed by atoms with van der Waals surface area (Å²) in [5.41, 5.74) is 0.872. The lowest BCUT2D eigenvalue weighted by Crippen LogP contribution is -2.32. The molecule has 0 aliphatic rings. The number of hydrogen-bond acceptors (Lipinski definition) is 4. The van der Waals surface area contributed by atoms with Gasteiger partial charge in [0.05, 0.1) is 18.4 Å². The van der Waals surface area contributed by atoms with Crippen LogP contribution in [0.1, 0.15) is 31.1 Å². The fourth-order valence-corrected chi connectivity index (χ4v) is 2.33. The van der Waals surface area contributed by atoms with Crippen LogP contribution in [0.4, 0.5) is 5.69 Å². The monoisotopic (exact) mass is 370 g/mol. The molecular formula is C21H26N2O4. The van der Waals surface area contributed by atoms with Crippen molar-refractivity contribution in [3.63, 3.8) is 0 Å². The SMILES string of the molecule is COc1ccc(O[C@H](C)C(=O)Nc2ccccc2C(=O)NCC(C)C)cc1.